The van der Waals surface area contributed by atoms with Crippen molar-refractivity contribution in [3.8, 4) is 0 Å². The van der Waals surface area contributed by atoms with E-state index in [1.807, 2.05) is 23.1 Å². The molecule has 1 saturated heterocycles. The summed E-state index contributed by atoms with van der Waals surface area (Å²) < 4.78 is 0. The van der Waals surface area contributed by atoms with Crippen LogP contribution in [0.15, 0.2) is 29.4 Å². The standard InChI is InChI=1S/C17H28N6O/c1-14(2)21-17(18-3)20-9-7-16(24)23-12-10-22(11-13-23)15-6-4-5-8-19-15/h4-6,8,14H,7,9-13H2,1-3H3,(H2,18,20,21). The van der Waals surface area contributed by atoms with Gasteiger partial charge in [-0.05, 0) is 26.0 Å². The third-order valence-electron chi connectivity index (χ3n) is 3.89. The Morgan fingerprint density at radius 2 is 2.04 bits per heavy atom. The molecule has 7 nitrogen and oxygen atoms in total. The topological polar surface area (TPSA) is 72.9 Å². The van der Waals surface area contributed by atoms with Gasteiger partial charge in [-0.25, -0.2) is 4.98 Å². The molecule has 0 aromatic carbocycles. The number of hydrogen-bond donors (Lipinski definition) is 2. The first-order valence-corrected chi connectivity index (χ1v) is 8.51. The van der Waals surface area contributed by atoms with Gasteiger partial charge in [-0.2, -0.15) is 0 Å². The predicted octanol–water partition coefficient (Wildman–Crippen LogP) is 0.694. The molecule has 0 saturated carbocycles. The number of aliphatic imine (C=N–C) groups is 1. The SMILES string of the molecule is CN=C(NCCC(=O)N1CCN(c2ccccn2)CC1)NC(C)C. The first kappa shape index (κ1) is 18.0. The van der Waals surface area contributed by atoms with Crippen molar-refractivity contribution >= 4 is 17.7 Å². The molecule has 1 aliphatic rings. The summed E-state index contributed by atoms with van der Waals surface area (Å²) in [7, 11) is 1.73. The van der Waals surface area contributed by atoms with Crippen molar-refractivity contribution in [2.75, 3.05) is 44.7 Å². The molecule has 1 aromatic heterocycles. The molecule has 0 spiro atoms. The molecule has 2 rings (SSSR count). The molecule has 132 valence electrons. The van der Waals surface area contributed by atoms with Gasteiger partial charge in [0.25, 0.3) is 0 Å². The fourth-order valence-corrected chi connectivity index (χ4v) is 2.64. The van der Waals surface area contributed by atoms with Crippen LogP contribution in [0.2, 0.25) is 0 Å². The third kappa shape index (κ3) is 5.40. The molecule has 2 heterocycles. The maximum Gasteiger partial charge on any atom is 0.224 e. The molecule has 1 fully saturated rings. The number of rotatable bonds is 5. The monoisotopic (exact) mass is 332 g/mol. The van der Waals surface area contributed by atoms with Crippen molar-refractivity contribution in [3.05, 3.63) is 24.4 Å². The van der Waals surface area contributed by atoms with E-state index in [0.29, 0.717) is 19.0 Å². The quantitative estimate of drug-likeness (QED) is 0.613. The van der Waals surface area contributed by atoms with E-state index < -0.39 is 0 Å². The Balaban J connectivity index is 1.71. The Bertz CT molecular complexity index is 537. The lowest BCUT2D eigenvalue weighted by Crippen LogP contribution is -2.49. The highest BCUT2D eigenvalue weighted by Crippen LogP contribution is 2.12. The van der Waals surface area contributed by atoms with Gasteiger partial charge in [0.05, 0.1) is 0 Å². The zero-order valence-corrected chi connectivity index (χ0v) is 14.8. The Hall–Kier alpha value is -2.31. The fraction of sp³-hybridized carbons (Fsp3) is 0.588. The molecule has 0 atom stereocenters. The molecule has 1 aromatic rings. The highest BCUT2D eigenvalue weighted by Gasteiger charge is 2.21. The molecule has 1 amide bonds. The number of anilines is 1. The number of carbonyl (C=O) groups excluding carboxylic acids is 1. The molecule has 0 aliphatic carbocycles. The van der Waals surface area contributed by atoms with E-state index in [0.717, 1.165) is 38.0 Å². The molecule has 0 unspecified atom stereocenters. The van der Waals surface area contributed by atoms with Crippen LogP contribution in [0.5, 0.6) is 0 Å². The molecular formula is C17H28N6O. The van der Waals surface area contributed by atoms with Crippen LogP contribution in [-0.2, 0) is 4.79 Å². The lowest BCUT2D eigenvalue weighted by Gasteiger charge is -2.35. The van der Waals surface area contributed by atoms with Gasteiger partial charge in [0.1, 0.15) is 5.82 Å². The lowest BCUT2D eigenvalue weighted by molar-refractivity contribution is -0.131. The van der Waals surface area contributed by atoms with Gasteiger partial charge >= 0.3 is 0 Å². The van der Waals surface area contributed by atoms with E-state index in [2.05, 4.69) is 39.4 Å². The molecule has 7 heteroatoms. The summed E-state index contributed by atoms with van der Waals surface area (Å²) in [6.45, 7) is 7.84. The minimum Gasteiger partial charge on any atom is -0.356 e. The number of piperazine rings is 1. The lowest BCUT2D eigenvalue weighted by atomic mass is 10.2. The van der Waals surface area contributed by atoms with E-state index in [1.54, 1.807) is 13.2 Å². The zero-order chi connectivity index (χ0) is 17.4. The van der Waals surface area contributed by atoms with Gasteiger partial charge < -0.3 is 20.4 Å². The molecule has 24 heavy (non-hydrogen) atoms. The van der Waals surface area contributed by atoms with Crippen LogP contribution in [-0.4, -0.2) is 67.6 Å². The largest absolute Gasteiger partial charge is 0.356 e. The number of carbonyl (C=O) groups is 1. The number of nitrogens with one attached hydrogen (secondary N) is 2. The summed E-state index contributed by atoms with van der Waals surface area (Å²) >= 11 is 0. The maximum atomic E-state index is 12.3. The molecular weight excluding hydrogens is 304 g/mol. The Morgan fingerprint density at radius 3 is 2.62 bits per heavy atom. The first-order chi connectivity index (χ1) is 11.6. The molecule has 1 aliphatic heterocycles. The zero-order valence-electron chi connectivity index (χ0n) is 14.8. The van der Waals surface area contributed by atoms with Gasteiger partial charge in [0, 0.05) is 58.4 Å². The number of aromatic nitrogens is 1. The van der Waals surface area contributed by atoms with E-state index in [4.69, 9.17) is 0 Å². The van der Waals surface area contributed by atoms with Crippen LogP contribution in [0.4, 0.5) is 5.82 Å². The maximum absolute atomic E-state index is 12.3. The van der Waals surface area contributed by atoms with E-state index >= 15 is 0 Å². The van der Waals surface area contributed by atoms with Crippen LogP contribution >= 0.6 is 0 Å². The number of hydrogen-bond acceptors (Lipinski definition) is 4. The fourth-order valence-electron chi connectivity index (χ4n) is 2.64. The van der Waals surface area contributed by atoms with Crippen LogP contribution in [0, 0.1) is 0 Å². The Kier molecular flexibility index (Phi) is 6.84. The minimum atomic E-state index is 0.183. The number of nitrogens with zero attached hydrogens (tertiary/aromatic N) is 4. The average Bonchev–Trinajstić information content (AvgIpc) is 2.61. The van der Waals surface area contributed by atoms with Crippen molar-refractivity contribution in [2.24, 2.45) is 4.99 Å². The highest BCUT2D eigenvalue weighted by atomic mass is 16.2. The molecule has 0 radical (unpaired) electrons. The van der Waals surface area contributed by atoms with E-state index in [9.17, 15) is 4.79 Å². The van der Waals surface area contributed by atoms with Gasteiger partial charge in [-0.3, -0.25) is 9.79 Å². The van der Waals surface area contributed by atoms with E-state index in [1.165, 1.54) is 0 Å². The van der Waals surface area contributed by atoms with E-state index in [-0.39, 0.29) is 5.91 Å². The van der Waals surface area contributed by atoms with Gasteiger partial charge in [0.2, 0.25) is 5.91 Å². The second-order valence-corrected chi connectivity index (χ2v) is 6.10. The molecule has 2 N–H and O–H groups in total. The summed E-state index contributed by atoms with van der Waals surface area (Å²) in [4.78, 5) is 25.0. The summed E-state index contributed by atoms with van der Waals surface area (Å²) in [5, 5.41) is 6.38. The number of guanidine groups is 1. The second-order valence-electron chi connectivity index (χ2n) is 6.10. The first-order valence-electron chi connectivity index (χ1n) is 8.51. The normalized spacial score (nSPS) is 15.6. The number of pyridine rings is 1. The van der Waals surface area contributed by atoms with Crippen molar-refractivity contribution in [2.45, 2.75) is 26.3 Å². The summed E-state index contributed by atoms with van der Waals surface area (Å²) in [6.07, 6.45) is 2.28. The third-order valence-corrected chi connectivity index (χ3v) is 3.89. The van der Waals surface area contributed by atoms with Crippen molar-refractivity contribution < 1.29 is 4.79 Å². The van der Waals surface area contributed by atoms with Crippen LogP contribution < -0.4 is 15.5 Å². The summed E-state index contributed by atoms with van der Waals surface area (Å²) in [6, 6.07) is 6.22. The minimum absolute atomic E-state index is 0.183. The van der Waals surface area contributed by atoms with Crippen LogP contribution in [0.3, 0.4) is 0 Å². The predicted molar refractivity (Wildman–Crippen MR) is 97.3 cm³/mol. The summed E-state index contributed by atoms with van der Waals surface area (Å²) in [5.74, 6) is 1.90. The van der Waals surface area contributed by atoms with Gasteiger partial charge in [-0.15, -0.1) is 0 Å². The van der Waals surface area contributed by atoms with Crippen LogP contribution in [0.1, 0.15) is 20.3 Å². The van der Waals surface area contributed by atoms with Gasteiger partial charge in [0.15, 0.2) is 5.96 Å². The second kappa shape index (κ2) is 9.10. The van der Waals surface area contributed by atoms with Crippen molar-refractivity contribution in [3.63, 3.8) is 0 Å². The molecule has 0 bridgehead atoms. The van der Waals surface area contributed by atoms with Gasteiger partial charge in [-0.1, -0.05) is 6.07 Å². The summed E-state index contributed by atoms with van der Waals surface area (Å²) in [5.41, 5.74) is 0. The Morgan fingerprint density at radius 1 is 1.29 bits per heavy atom. The van der Waals surface area contributed by atoms with Crippen LogP contribution in [0.25, 0.3) is 0 Å². The average molecular weight is 332 g/mol. The smallest absolute Gasteiger partial charge is 0.224 e. The van der Waals surface area contributed by atoms with Crippen molar-refractivity contribution in [1.82, 2.24) is 20.5 Å². The number of amides is 1. The Labute approximate surface area is 144 Å². The highest BCUT2D eigenvalue weighted by molar-refractivity contribution is 5.81. The van der Waals surface area contributed by atoms with Crippen molar-refractivity contribution in [1.29, 1.82) is 0 Å².